The maximum absolute atomic E-state index is 10.9. The summed E-state index contributed by atoms with van der Waals surface area (Å²) in [5, 5.41) is 4.84. The minimum absolute atomic E-state index is 0.0657. The lowest BCUT2D eigenvalue weighted by molar-refractivity contribution is -0.120. The Labute approximate surface area is 77.1 Å². The number of carbonyl (C=O) groups is 2. The van der Waals surface area contributed by atoms with Gasteiger partial charge in [0.15, 0.2) is 0 Å². The van der Waals surface area contributed by atoms with E-state index in [0.29, 0.717) is 13.0 Å². The van der Waals surface area contributed by atoms with Crippen LogP contribution in [0.5, 0.6) is 0 Å². The van der Waals surface area contributed by atoms with Crippen LogP contribution in [0.25, 0.3) is 0 Å². The van der Waals surface area contributed by atoms with Gasteiger partial charge in [-0.05, 0) is 6.42 Å². The SMILES string of the molecule is C=CCCNC(=O)CNC(=O)OC. The van der Waals surface area contributed by atoms with Gasteiger partial charge in [0.25, 0.3) is 0 Å². The van der Waals surface area contributed by atoms with Crippen molar-refractivity contribution in [2.75, 3.05) is 20.2 Å². The number of hydrogen-bond acceptors (Lipinski definition) is 3. The number of carbonyl (C=O) groups excluding carboxylic acids is 2. The molecule has 0 saturated carbocycles. The van der Waals surface area contributed by atoms with E-state index < -0.39 is 6.09 Å². The fraction of sp³-hybridized carbons (Fsp3) is 0.500. The van der Waals surface area contributed by atoms with Crippen LogP contribution in [0, 0.1) is 0 Å². The van der Waals surface area contributed by atoms with Gasteiger partial charge in [0.2, 0.25) is 5.91 Å². The van der Waals surface area contributed by atoms with E-state index in [1.165, 1.54) is 7.11 Å². The molecule has 0 spiro atoms. The first-order chi connectivity index (χ1) is 6.20. The van der Waals surface area contributed by atoms with Crippen molar-refractivity contribution >= 4 is 12.0 Å². The van der Waals surface area contributed by atoms with E-state index in [2.05, 4.69) is 21.9 Å². The summed E-state index contributed by atoms with van der Waals surface area (Å²) in [6.45, 7) is 3.97. The van der Waals surface area contributed by atoms with Gasteiger partial charge in [0.1, 0.15) is 0 Å². The molecule has 0 aromatic rings. The van der Waals surface area contributed by atoms with E-state index in [4.69, 9.17) is 0 Å². The molecule has 0 unspecified atom stereocenters. The molecule has 0 aliphatic rings. The average Bonchev–Trinajstić information content (AvgIpc) is 2.14. The molecule has 0 atom stereocenters. The Morgan fingerprint density at radius 1 is 1.46 bits per heavy atom. The predicted octanol–water partition coefficient (Wildman–Crippen LogP) is 0.0347. The third kappa shape index (κ3) is 6.86. The minimum Gasteiger partial charge on any atom is -0.453 e. The van der Waals surface area contributed by atoms with Crippen molar-refractivity contribution in [1.82, 2.24) is 10.6 Å². The summed E-state index contributed by atoms with van der Waals surface area (Å²) >= 11 is 0. The molecule has 0 heterocycles. The van der Waals surface area contributed by atoms with Crippen molar-refractivity contribution in [2.24, 2.45) is 0 Å². The highest BCUT2D eigenvalue weighted by atomic mass is 16.5. The number of amides is 2. The smallest absolute Gasteiger partial charge is 0.407 e. The van der Waals surface area contributed by atoms with Crippen LogP contribution in [-0.4, -0.2) is 32.2 Å². The zero-order valence-corrected chi connectivity index (χ0v) is 7.63. The quantitative estimate of drug-likeness (QED) is 0.470. The van der Waals surface area contributed by atoms with Crippen molar-refractivity contribution in [3.63, 3.8) is 0 Å². The molecular formula is C8H14N2O3. The lowest BCUT2D eigenvalue weighted by atomic mass is 10.4. The van der Waals surface area contributed by atoms with Crippen LogP contribution in [0.1, 0.15) is 6.42 Å². The zero-order valence-electron chi connectivity index (χ0n) is 7.63. The molecule has 5 nitrogen and oxygen atoms in total. The molecule has 0 aromatic heterocycles. The summed E-state index contributed by atoms with van der Waals surface area (Å²) in [5.41, 5.74) is 0. The normalized spacial score (nSPS) is 8.69. The first-order valence-corrected chi connectivity index (χ1v) is 3.90. The van der Waals surface area contributed by atoms with Crippen LogP contribution in [-0.2, 0) is 9.53 Å². The molecule has 0 rings (SSSR count). The maximum Gasteiger partial charge on any atom is 0.407 e. The summed E-state index contributed by atoms with van der Waals surface area (Å²) in [7, 11) is 1.24. The zero-order chi connectivity index (χ0) is 10.1. The summed E-state index contributed by atoms with van der Waals surface area (Å²) in [6, 6.07) is 0. The van der Waals surface area contributed by atoms with Gasteiger partial charge < -0.3 is 15.4 Å². The monoisotopic (exact) mass is 186 g/mol. The molecule has 0 aliphatic heterocycles. The number of alkyl carbamates (subject to hydrolysis) is 1. The first-order valence-electron chi connectivity index (χ1n) is 3.90. The fourth-order valence-corrected chi connectivity index (χ4v) is 0.601. The Morgan fingerprint density at radius 3 is 2.69 bits per heavy atom. The van der Waals surface area contributed by atoms with Gasteiger partial charge in [-0.2, -0.15) is 0 Å². The highest BCUT2D eigenvalue weighted by molar-refractivity contribution is 5.81. The van der Waals surface area contributed by atoms with Gasteiger partial charge in [0, 0.05) is 6.54 Å². The molecule has 13 heavy (non-hydrogen) atoms. The van der Waals surface area contributed by atoms with Crippen LogP contribution in [0.15, 0.2) is 12.7 Å². The van der Waals surface area contributed by atoms with E-state index in [0.717, 1.165) is 0 Å². The molecule has 0 aromatic carbocycles. The van der Waals surface area contributed by atoms with Gasteiger partial charge in [0.05, 0.1) is 13.7 Å². The first kappa shape index (κ1) is 11.5. The lowest BCUT2D eigenvalue weighted by Crippen LogP contribution is -2.37. The van der Waals surface area contributed by atoms with E-state index in [1.54, 1.807) is 6.08 Å². The van der Waals surface area contributed by atoms with E-state index in [-0.39, 0.29) is 12.5 Å². The third-order valence-electron chi connectivity index (χ3n) is 1.25. The van der Waals surface area contributed by atoms with Crippen LogP contribution < -0.4 is 10.6 Å². The second-order valence-corrected chi connectivity index (χ2v) is 2.27. The van der Waals surface area contributed by atoms with Crippen molar-refractivity contribution in [3.05, 3.63) is 12.7 Å². The van der Waals surface area contributed by atoms with E-state index >= 15 is 0 Å². The Hall–Kier alpha value is -1.52. The highest BCUT2D eigenvalue weighted by Crippen LogP contribution is 1.76. The Morgan fingerprint density at radius 2 is 2.15 bits per heavy atom. The van der Waals surface area contributed by atoms with Gasteiger partial charge in [-0.15, -0.1) is 6.58 Å². The van der Waals surface area contributed by atoms with Crippen molar-refractivity contribution in [1.29, 1.82) is 0 Å². The summed E-state index contributed by atoms with van der Waals surface area (Å²) in [4.78, 5) is 21.4. The Bertz CT molecular complexity index is 192. The molecule has 5 heteroatoms. The second kappa shape index (κ2) is 7.15. The summed E-state index contributed by atoms with van der Waals surface area (Å²) in [5.74, 6) is -0.243. The van der Waals surface area contributed by atoms with E-state index in [9.17, 15) is 9.59 Å². The Balaban J connectivity index is 3.40. The summed E-state index contributed by atoms with van der Waals surface area (Å²) in [6.07, 6.45) is 1.80. The number of nitrogens with one attached hydrogen (secondary N) is 2. The standard InChI is InChI=1S/C8H14N2O3/c1-3-4-5-9-7(11)6-10-8(12)13-2/h3H,1,4-6H2,2H3,(H,9,11)(H,10,12). The van der Waals surface area contributed by atoms with E-state index in [1.807, 2.05) is 0 Å². The topological polar surface area (TPSA) is 67.4 Å². The second-order valence-electron chi connectivity index (χ2n) is 2.27. The molecular weight excluding hydrogens is 172 g/mol. The number of ether oxygens (including phenoxy) is 1. The molecule has 2 amide bonds. The average molecular weight is 186 g/mol. The molecule has 0 radical (unpaired) electrons. The van der Waals surface area contributed by atoms with Gasteiger partial charge in [-0.25, -0.2) is 4.79 Å². The maximum atomic E-state index is 10.9. The van der Waals surface area contributed by atoms with Crippen LogP contribution in [0.2, 0.25) is 0 Å². The van der Waals surface area contributed by atoms with Gasteiger partial charge in [-0.1, -0.05) is 6.08 Å². The van der Waals surface area contributed by atoms with Gasteiger partial charge in [-0.3, -0.25) is 4.79 Å². The van der Waals surface area contributed by atoms with Crippen LogP contribution >= 0.6 is 0 Å². The predicted molar refractivity (Wildman–Crippen MR) is 48.2 cm³/mol. The number of methoxy groups -OCH3 is 1. The summed E-state index contributed by atoms with van der Waals surface area (Å²) < 4.78 is 4.28. The van der Waals surface area contributed by atoms with Crippen molar-refractivity contribution in [2.45, 2.75) is 6.42 Å². The highest BCUT2D eigenvalue weighted by Gasteiger charge is 2.02. The lowest BCUT2D eigenvalue weighted by Gasteiger charge is -2.04. The van der Waals surface area contributed by atoms with Crippen molar-refractivity contribution < 1.29 is 14.3 Å². The molecule has 0 fully saturated rings. The van der Waals surface area contributed by atoms with Gasteiger partial charge >= 0.3 is 6.09 Å². The van der Waals surface area contributed by atoms with Crippen LogP contribution in [0.3, 0.4) is 0 Å². The molecule has 0 saturated heterocycles. The number of rotatable bonds is 5. The number of hydrogen-bond donors (Lipinski definition) is 2. The van der Waals surface area contributed by atoms with Crippen LogP contribution in [0.4, 0.5) is 4.79 Å². The molecule has 74 valence electrons. The van der Waals surface area contributed by atoms with Crippen molar-refractivity contribution in [3.8, 4) is 0 Å². The molecule has 0 aliphatic carbocycles. The largest absolute Gasteiger partial charge is 0.453 e. The third-order valence-corrected chi connectivity index (χ3v) is 1.25. The Kier molecular flexibility index (Phi) is 6.31. The fourth-order valence-electron chi connectivity index (χ4n) is 0.601. The minimum atomic E-state index is -0.612. The molecule has 0 bridgehead atoms. The molecule has 2 N–H and O–H groups in total.